The lowest BCUT2D eigenvalue weighted by atomic mass is 10.2. The van der Waals surface area contributed by atoms with E-state index in [1.807, 2.05) is 6.92 Å². The van der Waals surface area contributed by atoms with E-state index in [-0.39, 0.29) is 43.1 Å². The topological polar surface area (TPSA) is 122 Å². The van der Waals surface area contributed by atoms with E-state index in [0.717, 1.165) is 6.07 Å². The maximum atomic E-state index is 12.0. The van der Waals surface area contributed by atoms with Crippen LogP contribution in [0.5, 0.6) is 5.75 Å². The molecule has 0 aromatic heterocycles. The van der Waals surface area contributed by atoms with Crippen LogP contribution in [0.2, 0.25) is 0 Å². The summed E-state index contributed by atoms with van der Waals surface area (Å²) in [5, 5.41) is 22.5. The number of hydrogen-bond donors (Lipinski definition) is 2. The summed E-state index contributed by atoms with van der Waals surface area (Å²) < 4.78 is 5.00. The SMILES string of the molecule is CCC(CO)NC(=O)CN1CC(=O)Oc2cc([N+](=O)[O-])ccc21. The number of ether oxygens (including phenoxy) is 1. The molecule has 0 saturated carbocycles. The van der Waals surface area contributed by atoms with Gasteiger partial charge < -0.3 is 20.1 Å². The molecule has 2 N–H and O–H groups in total. The van der Waals surface area contributed by atoms with Crippen molar-refractivity contribution in [2.45, 2.75) is 19.4 Å². The van der Waals surface area contributed by atoms with Crippen LogP contribution in [-0.2, 0) is 9.59 Å². The molecule has 0 saturated heterocycles. The third kappa shape index (κ3) is 3.95. The van der Waals surface area contributed by atoms with Crippen molar-refractivity contribution in [1.29, 1.82) is 0 Å². The average molecular weight is 323 g/mol. The van der Waals surface area contributed by atoms with Crippen molar-refractivity contribution >= 4 is 23.3 Å². The molecule has 9 heteroatoms. The maximum Gasteiger partial charge on any atom is 0.331 e. The standard InChI is InChI=1S/C14H17N3O6/c1-2-9(8-18)15-13(19)6-16-7-14(20)23-12-5-10(17(21)22)3-4-11(12)16/h3-5,9,18H,2,6-8H2,1H3,(H,15,19). The quantitative estimate of drug-likeness (QED) is 0.332. The molecule has 0 radical (unpaired) electrons. The van der Waals surface area contributed by atoms with Crippen LogP contribution in [0.15, 0.2) is 18.2 Å². The molecular weight excluding hydrogens is 306 g/mol. The Hall–Kier alpha value is -2.68. The number of esters is 1. The van der Waals surface area contributed by atoms with Gasteiger partial charge in [0, 0.05) is 6.07 Å². The van der Waals surface area contributed by atoms with E-state index in [9.17, 15) is 19.7 Å². The number of hydrogen-bond acceptors (Lipinski definition) is 7. The van der Waals surface area contributed by atoms with Crippen molar-refractivity contribution < 1.29 is 24.4 Å². The Morgan fingerprint density at radius 1 is 1.57 bits per heavy atom. The van der Waals surface area contributed by atoms with Crippen LogP contribution in [0, 0.1) is 10.1 Å². The van der Waals surface area contributed by atoms with Crippen molar-refractivity contribution in [3.8, 4) is 5.75 Å². The van der Waals surface area contributed by atoms with Gasteiger partial charge in [-0.2, -0.15) is 0 Å². The highest BCUT2D eigenvalue weighted by Crippen LogP contribution is 2.34. The van der Waals surface area contributed by atoms with Gasteiger partial charge in [-0.25, -0.2) is 4.79 Å². The molecule has 0 aliphatic carbocycles. The fourth-order valence-corrected chi connectivity index (χ4v) is 2.22. The van der Waals surface area contributed by atoms with E-state index in [2.05, 4.69) is 5.32 Å². The van der Waals surface area contributed by atoms with Crippen LogP contribution in [0.4, 0.5) is 11.4 Å². The highest BCUT2D eigenvalue weighted by molar-refractivity contribution is 5.89. The molecule has 1 unspecified atom stereocenters. The number of aliphatic hydroxyl groups excluding tert-OH is 1. The lowest BCUT2D eigenvalue weighted by Gasteiger charge is -2.29. The number of nitro benzene ring substituents is 1. The molecule has 0 spiro atoms. The number of carbonyl (C=O) groups excluding carboxylic acids is 2. The summed E-state index contributed by atoms with van der Waals surface area (Å²) >= 11 is 0. The van der Waals surface area contributed by atoms with E-state index < -0.39 is 10.9 Å². The zero-order chi connectivity index (χ0) is 17.0. The van der Waals surface area contributed by atoms with Gasteiger partial charge in [-0.3, -0.25) is 14.9 Å². The first kappa shape index (κ1) is 16.7. The van der Waals surface area contributed by atoms with Gasteiger partial charge in [0.15, 0.2) is 5.75 Å². The monoisotopic (exact) mass is 323 g/mol. The minimum absolute atomic E-state index is 0.0532. The Balaban J connectivity index is 2.17. The molecule has 1 aromatic carbocycles. The second kappa shape index (κ2) is 7.05. The van der Waals surface area contributed by atoms with Crippen molar-refractivity contribution in [2.24, 2.45) is 0 Å². The minimum Gasteiger partial charge on any atom is -0.423 e. The third-order valence-corrected chi connectivity index (χ3v) is 3.45. The smallest absolute Gasteiger partial charge is 0.331 e. The Labute approximate surface area is 132 Å². The number of fused-ring (bicyclic) bond motifs is 1. The number of nitro groups is 1. The van der Waals surface area contributed by atoms with Crippen LogP contribution < -0.4 is 15.0 Å². The first-order valence-electron chi connectivity index (χ1n) is 7.08. The first-order chi connectivity index (χ1) is 10.9. The van der Waals surface area contributed by atoms with Crippen LogP contribution in [0.3, 0.4) is 0 Å². The lowest BCUT2D eigenvalue weighted by molar-refractivity contribution is -0.384. The van der Waals surface area contributed by atoms with Crippen LogP contribution in [0.25, 0.3) is 0 Å². The molecule has 1 heterocycles. The predicted octanol–water partition coefficient (Wildman–Crippen LogP) is 0.207. The Kier molecular flexibility index (Phi) is 5.12. The van der Waals surface area contributed by atoms with Crippen LogP contribution >= 0.6 is 0 Å². The normalized spacial score (nSPS) is 14.7. The first-order valence-corrected chi connectivity index (χ1v) is 7.08. The Bertz CT molecular complexity index is 629. The van der Waals surface area contributed by atoms with Gasteiger partial charge in [0.05, 0.1) is 35.9 Å². The van der Waals surface area contributed by atoms with E-state index in [0.29, 0.717) is 12.1 Å². The summed E-state index contributed by atoms with van der Waals surface area (Å²) in [6, 6.07) is 3.53. The molecule has 124 valence electrons. The Morgan fingerprint density at radius 2 is 2.30 bits per heavy atom. The summed E-state index contributed by atoms with van der Waals surface area (Å²) in [4.78, 5) is 35.3. The number of benzene rings is 1. The predicted molar refractivity (Wildman–Crippen MR) is 80.3 cm³/mol. The fourth-order valence-electron chi connectivity index (χ4n) is 2.22. The van der Waals surface area contributed by atoms with Gasteiger partial charge in [-0.1, -0.05) is 6.92 Å². The van der Waals surface area contributed by atoms with Gasteiger partial charge in [-0.05, 0) is 12.5 Å². The van der Waals surface area contributed by atoms with Gasteiger partial charge in [0.2, 0.25) is 5.91 Å². The fraction of sp³-hybridized carbons (Fsp3) is 0.429. The summed E-state index contributed by atoms with van der Waals surface area (Å²) in [6.07, 6.45) is 0.576. The molecule has 1 atom stereocenters. The Morgan fingerprint density at radius 3 is 2.91 bits per heavy atom. The highest BCUT2D eigenvalue weighted by Gasteiger charge is 2.27. The largest absolute Gasteiger partial charge is 0.423 e. The van der Waals surface area contributed by atoms with Crippen molar-refractivity contribution in [3.05, 3.63) is 28.3 Å². The molecule has 1 aliphatic heterocycles. The third-order valence-electron chi connectivity index (χ3n) is 3.45. The molecule has 9 nitrogen and oxygen atoms in total. The second-order valence-corrected chi connectivity index (χ2v) is 5.09. The van der Waals surface area contributed by atoms with E-state index in [4.69, 9.17) is 9.84 Å². The molecule has 0 fully saturated rings. The number of rotatable bonds is 6. The number of nitrogens with one attached hydrogen (secondary N) is 1. The van der Waals surface area contributed by atoms with Crippen LogP contribution in [0.1, 0.15) is 13.3 Å². The minimum atomic E-state index is -0.597. The van der Waals surface area contributed by atoms with Gasteiger partial charge in [0.25, 0.3) is 5.69 Å². The zero-order valence-corrected chi connectivity index (χ0v) is 12.5. The van der Waals surface area contributed by atoms with E-state index in [1.54, 1.807) is 0 Å². The number of non-ortho nitro benzene ring substituents is 1. The van der Waals surface area contributed by atoms with Gasteiger partial charge >= 0.3 is 5.97 Å². The molecule has 1 aliphatic rings. The van der Waals surface area contributed by atoms with E-state index >= 15 is 0 Å². The number of aliphatic hydroxyl groups is 1. The second-order valence-electron chi connectivity index (χ2n) is 5.09. The van der Waals surface area contributed by atoms with Crippen molar-refractivity contribution in [1.82, 2.24) is 5.32 Å². The van der Waals surface area contributed by atoms with E-state index in [1.165, 1.54) is 17.0 Å². The molecule has 0 bridgehead atoms. The molecule has 1 aromatic rings. The van der Waals surface area contributed by atoms with Crippen molar-refractivity contribution in [3.63, 3.8) is 0 Å². The average Bonchev–Trinajstić information content (AvgIpc) is 2.51. The lowest BCUT2D eigenvalue weighted by Crippen LogP contribution is -2.46. The van der Waals surface area contributed by atoms with Gasteiger partial charge in [0.1, 0.15) is 6.54 Å². The number of amides is 1. The summed E-state index contributed by atoms with van der Waals surface area (Å²) in [5.74, 6) is -0.901. The number of carbonyl (C=O) groups is 2. The maximum absolute atomic E-state index is 12.0. The van der Waals surface area contributed by atoms with Crippen molar-refractivity contribution in [2.75, 3.05) is 24.6 Å². The molecule has 1 amide bonds. The molecule has 23 heavy (non-hydrogen) atoms. The molecule has 2 rings (SSSR count). The summed E-state index contributed by atoms with van der Waals surface area (Å²) in [7, 11) is 0. The van der Waals surface area contributed by atoms with Crippen LogP contribution in [-0.4, -0.2) is 47.6 Å². The number of nitrogens with zero attached hydrogens (tertiary/aromatic N) is 2. The highest BCUT2D eigenvalue weighted by atomic mass is 16.6. The summed E-state index contributed by atoms with van der Waals surface area (Å²) in [5.41, 5.74) is 0.233. The summed E-state index contributed by atoms with van der Waals surface area (Å²) in [6.45, 7) is 1.41. The molecular formula is C14H17N3O6. The number of anilines is 1. The van der Waals surface area contributed by atoms with Gasteiger partial charge in [-0.15, -0.1) is 0 Å². The zero-order valence-electron chi connectivity index (χ0n) is 12.5.